The van der Waals surface area contributed by atoms with Gasteiger partial charge in [-0.15, -0.1) is 0 Å². The summed E-state index contributed by atoms with van der Waals surface area (Å²) in [5, 5.41) is 0.0910. The lowest BCUT2D eigenvalue weighted by Gasteiger charge is -2.46. The molecule has 3 aliphatic rings. The molecule has 1 aromatic heterocycles. The minimum atomic E-state index is -3.59. The third kappa shape index (κ3) is 5.19. The second-order valence-corrected chi connectivity index (χ2v) is 12.6. The predicted octanol–water partition coefficient (Wildman–Crippen LogP) is 3.71. The van der Waals surface area contributed by atoms with Gasteiger partial charge in [-0.2, -0.15) is 0 Å². The number of aryl methyl sites for hydroxylation is 2. The molecule has 0 saturated carbocycles. The van der Waals surface area contributed by atoms with Crippen molar-refractivity contribution in [1.82, 2.24) is 19.2 Å². The highest BCUT2D eigenvalue weighted by atomic mass is 32.2. The summed E-state index contributed by atoms with van der Waals surface area (Å²) >= 11 is 0. The van der Waals surface area contributed by atoms with E-state index in [9.17, 15) is 8.42 Å². The van der Waals surface area contributed by atoms with Crippen LogP contribution in [0.1, 0.15) is 48.3 Å². The average molecular weight is 520 g/mol. The Morgan fingerprint density at radius 3 is 2.46 bits per heavy atom. The van der Waals surface area contributed by atoms with Gasteiger partial charge in [-0.25, -0.2) is 18.1 Å². The zero-order valence-electron chi connectivity index (χ0n) is 21.6. The van der Waals surface area contributed by atoms with E-state index >= 15 is 0 Å². The topological polar surface area (TPSA) is 70.5 Å². The van der Waals surface area contributed by atoms with Gasteiger partial charge in [0.1, 0.15) is 0 Å². The van der Waals surface area contributed by atoms with Crippen LogP contribution in [-0.2, 0) is 29.9 Å². The highest BCUT2D eigenvalue weighted by Crippen LogP contribution is 2.40. The van der Waals surface area contributed by atoms with Crippen molar-refractivity contribution in [3.05, 3.63) is 77.7 Å². The Balaban J connectivity index is 1.18. The van der Waals surface area contributed by atoms with Gasteiger partial charge in [-0.3, -0.25) is 4.90 Å². The summed E-state index contributed by atoms with van der Waals surface area (Å²) in [7, 11) is -1.81. The van der Waals surface area contributed by atoms with Crippen LogP contribution in [0.5, 0.6) is 0 Å². The predicted molar refractivity (Wildman–Crippen MR) is 146 cm³/mol. The summed E-state index contributed by atoms with van der Waals surface area (Å²) < 4.78 is 30.0. The maximum atomic E-state index is 12.7. The molecule has 8 heteroatoms. The van der Waals surface area contributed by atoms with E-state index in [2.05, 4.69) is 68.0 Å². The molecule has 2 aromatic carbocycles. The monoisotopic (exact) mass is 519 g/mol. The van der Waals surface area contributed by atoms with Gasteiger partial charge < -0.3 is 9.47 Å². The summed E-state index contributed by atoms with van der Waals surface area (Å²) in [6, 6.07) is 18.6. The lowest BCUT2D eigenvalue weighted by molar-refractivity contribution is 0.0877. The zero-order valence-corrected chi connectivity index (χ0v) is 22.4. The van der Waals surface area contributed by atoms with E-state index in [1.165, 1.54) is 54.6 Å². The fourth-order valence-corrected chi connectivity index (χ4v) is 7.64. The molecule has 7 nitrogen and oxygen atoms in total. The van der Waals surface area contributed by atoms with Crippen molar-refractivity contribution < 1.29 is 8.42 Å². The van der Waals surface area contributed by atoms with E-state index in [0.717, 1.165) is 38.8 Å². The molecule has 196 valence electrons. The number of nitrogens with one attached hydrogen (secondary N) is 1. The van der Waals surface area contributed by atoms with Gasteiger partial charge in [0, 0.05) is 50.0 Å². The van der Waals surface area contributed by atoms with Crippen molar-refractivity contribution in [3.8, 4) is 0 Å². The van der Waals surface area contributed by atoms with E-state index in [1.807, 2.05) is 0 Å². The van der Waals surface area contributed by atoms with Crippen LogP contribution in [0.3, 0.4) is 0 Å². The highest BCUT2D eigenvalue weighted by molar-refractivity contribution is 7.89. The average Bonchev–Trinajstić information content (AvgIpc) is 3.32. The van der Waals surface area contributed by atoms with E-state index in [-0.39, 0.29) is 11.1 Å². The van der Waals surface area contributed by atoms with Gasteiger partial charge in [0.05, 0.1) is 6.33 Å². The number of nitrogens with zero attached hydrogens (tertiary/aromatic N) is 4. The molecule has 2 atom stereocenters. The molecular weight excluding hydrogens is 482 g/mol. The molecule has 6 rings (SSSR count). The SMILES string of the molecule is Cn1cnc(S(=O)(=O)NC2CCN(c3ccc4c(c3)[C@@H](Cc3ccccc3)C(N3CCC3)CC4)CC2)c1. The van der Waals surface area contributed by atoms with Crippen molar-refractivity contribution >= 4 is 15.7 Å². The Labute approximate surface area is 220 Å². The number of imidazole rings is 1. The van der Waals surface area contributed by atoms with Crippen LogP contribution in [-0.4, -0.2) is 61.1 Å². The highest BCUT2D eigenvalue weighted by Gasteiger charge is 2.36. The number of hydrogen-bond donors (Lipinski definition) is 1. The summed E-state index contributed by atoms with van der Waals surface area (Å²) in [6.07, 6.45) is 9.43. The quantitative estimate of drug-likeness (QED) is 0.515. The second kappa shape index (κ2) is 10.2. The molecular formula is C29H37N5O2S. The van der Waals surface area contributed by atoms with E-state index in [4.69, 9.17) is 0 Å². The molecule has 1 unspecified atom stereocenters. The Bertz CT molecular complexity index is 1330. The van der Waals surface area contributed by atoms with Gasteiger partial charge in [-0.05, 0) is 80.4 Å². The third-order valence-corrected chi connectivity index (χ3v) is 9.90. The number of sulfonamides is 1. The minimum Gasteiger partial charge on any atom is -0.371 e. The maximum absolute atomic E-state index is 12.7. The number of benzene rings is 2. The molecule has 2 fully saturated rings. The first-order valence-electron chi connectivity index (χ1n) is 13.6. The molecule has 0 amide bonds. The van der Waals surface area contributed by atoms with Crippen molar-refractivity contribution in [3.63, 3.8) is 0 Å². The summed E-state index contributed by atoms with van der Waals surface area (Å²) in [5.41, 5.74) is 5.70. The molecule has 1 aliphatic carbocycles. The first kappa shape index (κ1) is 24.6. The Hall–Kier alpha value is -2.68. The summed E-state index contributed by atoms with van der Waals surface area (Å²) in [4.78, 5) is 9.15. The Morgan fingerprint density at radius 2 is 1.78 bits per heavy atom. The number of likely N-dealkylation sites (tertiary alicyclic amines) is 1. The zero-order chi connectivity index (χ0) is 25.4. The molecule has 0 radical (unpaired) electrons. The number of aromatic nitrogens is 2. The van der Waals surface area contributed by atoms with Crippen molar-refractivity contribution in [1.29, 1.82) is 0 Å². The molecule has 3 aromatic rings. The van der Waals surface area contributed by atoms with Gasteiger partial charge in [-0.1, -0.05) is 36.4 Å². The lowest BCUT2D eigenvalue weighted by Crippen LogP contribution is -2.50. The van der Waals surface area contributed by atoms with Gasteiger partial charge in [0.2, 0.25) is 0 Å². The lowest BCUT2D eigenvalue weighted by atomic mass is 9.74. The van der Waals surface area contributed by atoms with Crippen LogP contribution in [0, 0.1) is 0 Å². The summed E-state index contributed by atoms with van der Waals surface area (Å²) in [5.74, 6) is 0.508. The van der Waals surface area contributed by atoms with Crippen molar-refractivity contribution in [2.45, 2.75) is 61.6 Å². The van der Waals surface area contributed by atoms with Crippen LogP contribution in [0.15, 0.2) is 66.1 Å². The fourth-order valence-electron chi connectivity index (χ4n) is 6.35. The number of rotatable bonds is 7. The minimum absolute atomic E-state index is 0.0671. The van der Waals surface area contributed by atoms with Gasteiger partial charge in [0.25, 0.3) is 10.0 Å². The second-order valence-electron chi connectivity index (χ2n) is 10.9. The fraction of sp³-hybridized carbons (Fsp3) is 0.483. The normalized spacial score (nSPS) is 23.0. The van der Waals surface area contributed by atoms with E-state index in [0.29, 0.717) is 12.0 Å². The molecule has 2 aliphatic heterocycles. The van der Waals surface area contributed by atoms with E-state index in [1.54, 1.807) is 17.8 Å². The van der Waals surface area contributed by atoms with Crippen LogP contribution in [0.4, 0.5) is 5.69 Å². The van der Waals surface area contributed by atoms with Crippen LogP contribution in [0.2, 0.25) is 0 Å². The molecule has 37 heavy (non-hydrogen) atoms. The third-order valence-electron chi connectivity index (χ3n) is 8.50. The first-order chi connectivity index (χ1) is 18.0. The molecule has 1 N–H and O–H groups in total. The van der Waals surface area contributed by atoms with Crippen LogP contribution < -0.4 is 9.62 Å². The maximum Gasteiger partial charge on any atom is 0.259 e. The number of piperidine rings is 1. The summed E-state index contributed by atoms with van der Waals surface area (Å²) in [6.45, 7) is 4.14. The van der Waals surface area contributed by atoms with Crippen LogP contribution in [0.25, 0.3) is 0 Å². The number of anilines is 1. The smallest absolute Gasteiger partial charge is 0.259 e. The van der Waals surface area contributed by atoms with E-state index < -0.39 is 10.0 Å². The molecule has 0 bridgehead atoms. The van der Waals surface area contributed by atoms with Crippen LogP contribution >= 0.6 is 0 Å². The molecule has 2 saturated heterocycles. The van der Waals surface area contributed by atoms with Gasteiger partial charge in [0.15, 0.2) is 5.03 Å². The Morgan fingerprint density at radius 1 is 1.00 bits per heavy atom. The van der Waals surface area contributed by atoms with Crippen molar-refractivity contribution in [2.75, 3.05) is 31.1 Å². The largest absolute Gasteiger partial charge is 0.371 e. The van der Waals surface area contributed by atoms with Crippen molar-refractivity contribution in [2.24, 2.45) is 7.05 Å². The Kier molecular flexibility index (Phi) is 6.82. The number of hydrogen-bond acceptors (Lipinski definition) is 5. The van der Waals surface area contributed by atoms with Gasteiger partial charge >= 0.3 is 0 Å². The number of fused-ring (bicyclic) bond motifs is 1. The molecule has 0 spiro atoms. The standard InChI is InChI=1S/C29H37N5O2S/c1-32-20-29(30-21-32)37(35,36)31-24-12-16-33(17-13-24)25-10-8-23-9-11-28(34-14-5-15-34)27(26(23)19-25)18-22-6-3-2-4-7-22/h2-4,6-8,10,19-21,24,27-28,31H,5,9,11-18H2,1H3/t27-,28?/m1/s1. The first-order valence-corrected chi connectivity index (χ1v) is 15.1. The molecule has 3 heterocycles.